The summed E-state index contributed by atoms with van der Waals surface area (Å²) in [6.45, 7) is 5.22. The molecule has 0 bridgehead atoms. The van der Waals surface area contributed by atoms with Crippen molar-refractivity contribution in [2.75, 3.05) is 14.2 Å². The van der Waals surface area contributed by atoms with Gasteiger partial charge in [-0.15, -0.1) is 0 Å². The molecule has 0 radical (unpaired) electrons. The van der Waals surface area contributed by atoms with Gasteiger partial charge in [0.15, 0.2) is 0 Å². The highest BCUT2D eigenvalue weighted by molar-refractivity contribution is 5.78. The highest BCUT2D eigenvalue weighted by Crippen LogP contribution is 2.35. The van der Waals surface area contributed by atoms with Gasteiger partial charge in [0.2, 0.25) is 0 Å². The van der Waals surface area contributed by atoms with Gasteiger partial charge < -0.3 is 14.2 Å². The zero-order valence-corrected chi connectivity index (χ0v) is 17.5. The average molecular weight is 407 g/mol. The van der Waals surface area contributed by atoms with Gasteiger partial charge in [-0.1, -0.05) is 30.3 Å². The fourth-order valence-corrected chi connectivity index (χ4v) is 3.28. The lowest BCUT2D eigenvalue weighted by atomic mass is 9.89. The third kappa shape index (κ3) is 6.19. The van der Waals surface area contributed by atoms with Crippen molar-refractivity contribution in [3.05, 3.63) is 35.9 Å². The van der Waals surface area contributed by atoms with Crippen LogP contribution >= 0.6 is 0 Å². The fraction of sp³-hybridized carbons (Fsp3) is 0.571. The van der Waals surface area contributed by atoms with Crippen molar-refractivity contribution in [2.45, 2.75) is 57.8 Å². The van der Waals surface area contributed by atoms with Crippen molar-refractivity contribution in [1.82, 2.24) is 5.06 Å². The molecule has 1 aromatic rings. The standard InChI is InChI=1S/C21H29NO7/c1-21(2,3)28-20(25)22-15(12-11-14-9-7-6-8-10-14)18(19(24)27-5)16(29-22)13-17(23)26-4/h6-10,15-16,18H,11-13H2,1-5H3/t15-,16+,18-/m1/s1. The summed E-state index contributed by atoms with van der Waals surface area (Å²) >= 11 is 0. The van der Waals surface area contributed by atoms with Crippen molar-refractivity contribution in [1.29, 1.82) is 0 Å². The van der Waals surface area contributed by atoms with Crippen LogP contribution in [0.2, 0.25) is 0 Å². The molecule has 1 aliphatic heterocycles. The molecule has 0 N–H and O–H groups in total. The summed E-state index contributed by atoms with van der Waals surface area (Å²) in [5.41, 5.74) is 0.308. The molecule has 2 rings (SSSR count). The van der Waals surface area contributed by atoms with Gasteiger partial charge in [0.25, 0.3) is 0 Å². The third-order valence-electron chi connectivity index (χ3n) is 4.58. The van der Waals surface area contributed by atoms with Crippen LogP contribution in [0, 0.1) is 5.92 Å². The molecule has 1 saturated heterocycles. The summed E-state index contributed by atoms with van der Waals surface area (Å²) in [6.07, 6.45) is -0.745. The Balaban J connectivity index is 2.30. The maximum Gasteiger partial charge on any atom is 0.434 e. The van der Waals surface area contributed by atoms with E-state index in [9.17, 15) is 14.4 Å². The lowest BCUT2D eigenvalue weighted by Gasteiger charge is -2.28. The van der Waals surface area contributed by atoms with E-state index >= 15 is 0 Å². The molecule has 1 fully saturated rings. The largest absolute Gasteiger partial charge is 0.469 e. The molecule has 0 spiro atoms. The zero-order valence-electron chi connectivity index (χ0n) is 17.5. The van der Waals surface area contributed by atoms with Crippen molar-refractivity contribution in [2.24, 2.45) is 5.92 Å². The van der Waals surface area contributed by atoms with Gasteiger partial charge in [0.1, 0.15) is 17.6 Å². The number of carbonyl (C=O) groups is 3. The van der Waals surface area contributed by atoms with Gasteiger partial charge in [-0.2, -0.15) is 5.06 Å². The van der Waals surface area contributed by atoms with Gasteiger partial charge in [-0.3, -0.25) is 14.4 Å². The third-order valence-corrected chi connectivity index (χ3v) is 4.58. The van der Waals surface area contributed by atoms with Crippen LogP contribution in [0.5, 0.6) is 0 Å². The van der Waals surface area contributed by atoms with Gasteiger partial charge in [-0.25, -0.2) is 4.79 Å². The first-order valence-corrected chi connectivity index (χ1v) is 9.54. The van der Waals surface area contributed by atoms with E-state index in [1.807, 2.05) is 30.3 Å². The molecule has 8 heteroatoms. The fourth-order valence-electron chi connectivity index (χ4n) is 3.28. The van der Waals surface area contributed by atoms with Crippen LogP contribution in [0.15, 0.2) is 30.3 Å². The van der Waals surface area contributed by atoms with Crippen LogP contribution in [0.25, 0.3) is 0 Å². The number of carbonyl (C=O) groups excluding carboxylic acids is 3. The molecule has 0 saturated carbocycles. The molecular formula is C21H29NO7. The second-order valence-electron chi connectivity index (χ2n) is 7.87. The number of ether oxygens (including phenoxy) is 3. The Bertz CT molecular complexity index is 713. The lowest BCUT2D eigenvalue weighted by Crippen LogP contribution is -2.42. The highest BCUT2D eigenvalue weighted by atomic mass is 16.7. The summed E-state index contributed by atoms with van der Waals surface area (Å²) in [7, 11) is 2.52. The van der Waals surface area contributed by atoms with Crippen LogP contribution in [-0.2, 0) is 35.1 Å². The number of hydrogen-bond acceptors (Lipinski definition) is 7. The minimum absolute atomic E-state index is 0.183. The number of benzene rings is 1. The van der Waals surface area contributed by atoms with E-state index in [4.69, 9.17) is 19.0 Å². The van der Waals surface area contributed by atoms with Crippen LogP contribution in [0.4, 0.5) is 4.79 Å². The van der Waals surface area contributed by atoms with E-state index in [2.05, 4.69) is 0 Å². The number of nitrogens with zero attached hydrogens (tertiary/aromatic N) is 1. The van der Waals surface area contributed by atoms with E-state index in [1.165, 1.54) is 14.2 Å². The number of esters is 2. The van der Waals surface area contributed by atoms with E-state index in [0.717, 1.165) is 10.6 Å². The average Bonchev–Trinajstić information content (AvgIpc) is 3.03. The number of amides is 1. The Hall–Kier alpha value is -2.61. The second kappa shape index (κ2) is 9.73. The first-order valence-electron chi connectivity index (χ1n) is 9.54. The maximum absolute atomic E-state index is 12.8. The van der Waals surface area contributed by atoms with Crippen LogP contribution in [-0.4, -0.2) is 55.1 Å². The number of methoxy groups -OCH3 is 2. The van der Waals surface area contributed by atoms with Gasteiger partial charge >= 0.3 is 18.0 Å². The quantitative estimate of drug-likeness (QED) is 0.529. The summed E-state index contributed by atoms with van der Waals surface area (Å²) in [5, 5.41) is 1.07. The predicted octanol–water partition coefficient (Wildman–Crippen LogP) is 2.89. The predicted molar refractivity (Wildman–Crippen MR) is 104 cm³/mol. The minimum Gasteiger partial charge on any atom is -0.469 e. The minimum atomic E-state index is -0.886. The molecule has 160 valence electrons. The molecule has 0 aromatic heterocycles. The SMILES string of the molecule is COC(=O)C[C@@H]1ON(C(=O)OC(C)(C)C)[C@H](CCc2ccccc2)[C@H]1C(=O)OC. The molecule has 3 atom stereocenters. The number of hydroxylamine groups is 2. The topological polar surface area (TPSA) is 91.4 Å². The summed E-state index contributed by atoms with van der Waals surface area (Å²) in [4.78, 5) is 42.8. The number of aryl methyl sites for hydroxylation is 1. The van der Waals surface area contributed by atoms with Gasteiger partial charge in [0, 0.05) is 0 Å². The molecule has 0 unspecified atom stereocenters. The Kier molecular flexibility index (Phi) is 7.61. The van der Waals surface area contributed by atoms with Crippen molar-refractivity contribution < 1.29 is 33.4 Å². The van der Waals surface area contributed by atoms with E-state index in [-0.39, 0.29) is 6.42 Å². The molecule has 1 heterocycles. The van der Waals surface area contributed by atoms with Gasteiger partial charge in [-0.05, 0) is 39.2 Å². The summed E-state index contributed by atoms with van der Waals surface area (Å²) in [5.74, 6) is -1.94. The molecule has 1 aromatic carbocycles. The second-order valence-corrected chi connectivity index (χ2v) is 7.87. The van der Waals surface area contributed by atoms with E-state index in [1.54, 1.807) is 20.8 Å². The molecular weight excluding hydrogens is 378 g/mol. The lowest BCUT2D eigenvalue weighted by molar-refractivity contribution is -0.165. The molecule has 1 aliphatic rings. The Morgan fingerprint density at radius 1 is 1.07 bits per heavy atom. The normalized spacial score (nSPS) is 21.6. The first-order chi connectivity index (χ1) is 13.7. The molecule has 8 nitrogen and oxygen atoms in total. The van der Waals surface area contributed by atoms with E-state index < -0.39 is 41.7 Å². The van der Waals surface area contributed by atoms with Crippen molar-refractivity contribution in [3.63, 3.8) is 0 Å². The maximum atomic E-state index is 12.8. The number of hydrogen-bond donors (Lipinski definition) is 0. The molecule has 0 aliphatic carbocycles. The Labute approximate surface area is 171 Å². The zero-order chi connectivity index (χ0) is 21.6. The number of rotatable bonds is 6. The van der Waals surface area contributed by atoms with E-state index in [0.29, 0.717) is 12.8 Å². The highest BCUT2D eigenvalue weighted by Gasteiger charge is 2.51. The summed E-state index contributed by atoms with van der Waals surface area (Å²) in [6, 6.07) is 9.04. The first kappa shape index (κ1) is 22.7. The Morgan fingerprint density at radius 3 is 2.28 bits per heavy atom. The molecule has 29 heavy (non-hydrogen) atoms. The Morgan fingerprint density at radius 2 is 1.72 bits per heavy atom. The van der Waals surface area contributed by atoms with Crippen LogP contribution < -0.4 is 0 Å². The van der Waals surface area contributed by atoms with Crippen molar-refractivity contribution in [3.8, 4) is 0 Å². The van der Waals surface area contributed by atoms with Crippen molar-refractivity contribution >= 4 is 18.0 Å². The van der Waals surface area contributed by atoms with Crippen LogP contribution in [0.3, 0.4) is 0 Å². The molecule has 1 amide bonds. The van der Waals surface area contributed by atoms with Gasteiger partial charge in [0.05, 0.1) is 26.7 Å². The monoisotopic (exact) mass is 407 g/mol. The smallest absolute Gasteiger partial charge is 0.434 e. The van der Waals surface area contributed by atoms with Crippen LogP contribution in [0.1, 0.15) is 39.2 Å². The summed E-state index contributed by atoms with van der Waals surface area (Å²) < 4.78 is 15.1.